The molecule has 0 aliphatic carbocycles. The summed E-state index contributed by atoms with van der Waals surface area (Å²) in [4.78, 5) is 12.5. The third-order valence-electron chi connectivity index (χ3n) is 6.54. The number of methoxy groups -OCH3 is 1. The summed E-state index contributed by atoms with van der Waals surface area (Å²) in [6.45, 7) is 14.2. The molecule has 0 aromatic heterocycles. The van der Waals surface area contributed by atoms with Crippen LogP contribution in [-0.4, -0.2) is 39.9 Å². The lowest BCUT2D eigenvalue weighted by Gasteiger charge is -2.42. The van der Waals surface area contributed by atoms with Crippen LogP contribution in [0.25, 0.3) is 11.1 Å². The lowest BCUT2D eigenvalue weighted by Crippen LogP contribution is -2.48. The SMILES string of the molecule is COCOc1ccc(C(C(=O)O)=C(CCO[Si](C(C)C)(C(C)C)C(C)C)c2ccccc2)cc1. The second kappa shape index (κ2) is 12.9. The molecule has 34 heavy (non-hydrogen) atoms. The summed E-state index contributed by atoms with van der Waals surface area (Å²) in [5.74, 6) is -0.328. The van der Waals surface area contributed by atoms with Gasteiger partial charge in [0, 0.05) is 13.7 Å². The van der Waals surface area contributed by atoms with E-state index in [2.05, 4.69) is 41.5 Å². The fourth-order valence-electron chi connectivity index (χ4n) is 5.15. The third-order valence-corrected chi connectivity index (χ3v) is 12.7. The molecule has 5 nitrogen and oxygen atoms in total. The summed E-state index contributed by atoms with van der Waals surface area (Å²) in [5.41, 5.74) is 4.00. The number of carbonyl (C=O) groups is 1. The predicted molar refractivity (Wildman–Crippen MR) is 141 cm³/mol. The number of benzene rings is 2. The number of carboxylic acid groups (broad SMARTS) is 1. The van der Waals surface area contributed by atoms with Crippen molar-refractivity contribution in [3.8, 4) is 5.75 Å². The van der Waals surface area contributed by atoms with Crippen LogP contribution in [0.2, 0.25) is 16.6 Å². The van der Waals surface area contributed by atoms with Gasteiger partial charge in [-0.05, 0) is 51.9 Å². The van der Waals surface area contributed by atoms with Gasteiger partial charge >= 0.3 is 5.97 Å². The van der Waals surface area contributed by atoms with Crippen LogP contribution in [0.4, 0.5) is 0 Å². The van der Waals surface area contributed by atoms with Crippen LogP contribution in [-0.2, 0) is 14.0 Å². The molecule has 186 valence electrons. The third kappa shape index (κ3) is 6.59. The quantitative estimate of drug-likeness (QED) is 0.140. The normalized spacial score (nSPS) is 12.9. The number of ether oxygens (including phenoxy) is 2. The molecule has 0 saturated heterocycles. The zero-order valence-corrected chi connectivity index (χ0v) is 22.6. The van der Waals surface area contributed by atoms with E-state index in [1.165, 1.54) is 0 Å². The lowest BCUT2D eigenvalue weighted by atomic mass is 9.92. The molecule has 2 aromatic rings. The highest BCUT2D eigenvalue weighted by molar-refractivity contribution is 6.77. The van der Waals surface area contributed by atoms with Crippen LogP contribution in [0, 0.1) is 0 Å². The number of rotatable bonds is 13. The highest BCUT2D eigenvalue weighted by atomic mass is 28.4. The van der Waals surface area contributed by atoms with Crippen molar-refractivity contribution >= 4 is 25.4 Å². The molecule has 0 spiro atoms. The molecule has 0 heterocycles. The van der Waals surface area contributed by atoms with Crippen molar-refractivity contribution in [2.75, 3.05) is 20.5 Å². The summed E-state index contributed by atoms with van der Waals surface area (Å²) in [5, 5.41) is 10.3. The van der Waals surface area contributed by atoms with Gasteiger partial charge in [-0.25, -0.2) is 4.79 Å². The van der Waals surface area contributed by atoms with Crippen molar-refractivity contribution in [1.29, 1.82) is 0 Å². The van der Waals surface area contributed by atoms with Crippen molar-refractivity contribution in [2.45, 2.75) is 64.6 Å². The Hall–Kier alpha value is -2.41. The second-order valence-electron chi connectivity index (χ2n) is 9.52. The molecular formula is C28H40O5Si. The predicted octanol–water partition coefficient (Wildman–Crippen LogP) is 7.25. The number of carboxylic acids is 1. The van der Waals surface area contributed by atoms with E-state index >= 15 is 0 Å². The first-order valence-corrected chi connectivity index (χ1v) is 14.2. The molecule has 2 aromatic carbocycles. The van der Waals surface area contributed by atoms with Crippen molar-refractivity contribution in [3.63, 3.8) is 0 Å². The minimum Gasteiger partial charge on any atom is -0.478 e. The zero-order chi connectivity index (χ0) is 25.3. The van der Waals surface area contributed by atoms with Crippen LogP contribution in [0.5, 0.6) is 5.75 Å². The van der Waals surface area contributed by atoms with Gasteiger partial charge in [0.15, 0.2) is 15.1 Å². The highest BCUT2D eigenvalue weighted by Crippen LogP contribution is 2.43. The van der Waals surface area contributed by atoms with E-state index in [4.69, 9.17) is 13.9 Å². The van der Waals surface area contributed by atoms with Gasteiger partial charge in [0.1, 0.15) is 5.75 Å². The Kier molecular flexibility index (Phi) is 10.5. The van der Waals surface area contributed by atoms with Gasteiger partial charge < -0.3 is 19.0 Å². The van der Waals surface area contributed by atoms with E-state index in [0.29, 0.717) is 46.5 Å². The monoisotopic (exact) mass is 484 g/mol. The molecular weight excluding hydrogens is 444 g/mol. The first kappa shape index (κ1) is 27.8. The molecule has 0 atom stereocenters. The molecule has 0 bridgehead atoms. The van der Waals surface area contributed by atoms with E-state index in [9.17, 15) is 9.90 Å². The Labute approximate surface area is 205 Å². The highest BCUT2D eigenvalue weighted by Gasteiger charge is 2.44. The van der Waals surface area contributed by atoms with E-state index in [-0.39, 0.29) is 6.79 Å². The summed E-state index contributed by atoms with van der Waals surface area (Å²) < 4.78 is 17.2. The maximum absolute atomic E-state index is 12.5. The Morgan fingerprint density at radius 3 is 1.88 bits per heavy atom. The van der Waals surface area contributed by atoms with Crippen LogP contribution in [0.15, 0.2) is 54.6 Å². The fraction of sp³-hybridized carbons (Fsp3) is 0.464. The van der Waals surface area contributed by atoms with Gasteiger partial charge in [-0.15, -0.1) is 0 Å². The summed E-state index contributed by atoms with van der Waals surface area (Å²) in [7, 11) is -0.497. The van der Waals surface area contributed by atoms with E-state index < -0.39 is 14.3 Å². The molecule has 0 fully saturated rings. The standard InChI is InChI=1S/C28H40O5Si/c1-20(2)34(21(3)4,22(5)6)33-18-17-26(23-11-9-8-10-12-23)27(28(29)30)24-13-15-25(16-14-24)32-19-31-7/h8-16,20-22H,17-19H2,1-7H3,(H,29,30). The van der Waals surface area contributed by atoms with Gasteiger partial charge in [0.05, 0.1) is 5.57 Å². The molecule has 0 radical (unpaired) electrons. The summed E-state index contributed by atoms with van der Waals surface area (Å²) >= 11 is 0. The Balaban J connectivity index is 2.47. The van der Waals surface area contributed by atoms with Crippen LogP contribution >= 0.6 is 0 Å². The fourth-order valence-corrected chi connectivity index (χ4v) is 10.6. The van der Waals surface area contributed by atoms with Gasteiger partial charge in [0.25, 0.3) is 0 Å². The molecule has 0 aliphatic heterocycles. The Morgan fingerprint density at radius 2 is 1.41 bits per heavy atom. The Bertz CT molecular complexity index is 911. The van der Waals surface area contributed by atoms with Gasteiger partial charge in [-0.2, -0.15) is 0 Å². The largest absolute Gasteiger partial charge is 0.478 e. The molecule has 0 unspecified atom stereocenters. The van der Waals surface area contributed by atoms with Crippen LogP contribution in [0.1, 0.15) is 59.1 Å². The number of hydrogen-bond donors (Lipinski definition) is 1. The Morgan fingerprint density at radius 1 is 0.853 bits per heavy atom. The average Bonchev–Trinajstić information content (AvgIpc) is 2.80. The first-order chi connectivity index (χ1) is 16.1. The molecule has 2 rings (SSSR count). The van der Waals surface area contributed by atoms with Crippen molar-refractivity contribution < 1.29 is 23.8 Å². The summed E-state index contributed by atoms with van der Waals surface area (Å²) in [6, 6.07) is 16.9. The van der Waals surface area contributed by atoms with Crippen molar-refractivity contribution in [3.05, 3.63) is 65.7 Å². The molecule has 0 saturated carbocycles. The maximum Gasteiger partial charge on any atom is 0.336 e. The van der Waals surface area contributed by atoms with Crippen molar-refractivity contribution in [1.82, 2.24) is 0 Å². The smallest absolute Gasteiger partial charge is 0.336 e. The number of aliphatic carboxylic acids is 1. The van der Waals surface area contributed by atoms with Crippen LogP contribution in [0.3, 0.4) is 0 Å². The maximum atomic E-state index is 12.5. The lowest BCUT2D eigenvalue weighted by molar-refractivity contribution is -0.130. The first-order valence-electron chi connectivity index (χ1n) is 12.0. The second-order valence-corrected chi connectivity index (χ2v) is 15.0. The molecule has 1 N–H and O–H groups in total. The zero-order valence-electron chi connectivity index (χ0n) is 21.6. The molecule has 0 amide bonds. The van der Waals surface area contributed by atoms with Gasteiger partial charge in [-0.3, -0.25) is 0 Å². The molecule has 6 heteroatoms. The average molecular weight is 485 g/mol. The minimum absolute atomic E-state index is 0.140. The number of hydrogen-bond acceptors (Lipinski definition) is 4. The van der Waals surface area contributed by atoms with E-state index in [0.717, 1.165) is 11.1 Å². The van der Waals surface area contributed by atoms with E-state index in [1.807, 2.05) is 30.3 Å². The molecule has 0 aliphatic rings. The van der Waals surface area contributed by atoms with Crippen LogP contribution < -0.4 is 4.74 Å². The van der Waals surface area contributed by atoms with E-state index in [1.54, 1.807) is 31.4 Å². The van der Waals surface area contributed by atoms with Gasteiger partial charge in [0.2, 0.25) is 0 Å². The summed E-state index contributed by atoms with van der Waals surface area (Å²) in [6.07, 6.45) is 0.522. The van der Waals surface area contributed by atoms with Crippen molar-refractivity contribution in [2.24, 2.45) is 0 Å². The topological polar surface area (TPSA) is 65.0 Å². The minimum atomic E-state index is -2.06. The van der Waals surface area contributed by atoms with Gasteiger partial charge in [-0.1, -0.05) is 84.0 Å².